The molecule has 0 spiro atoms. The number of esters is 1. The second kappa shape index (κ2) is 7.02. The van der Waals surface area contributed by atoms with E-state index < -0.39 is 5.97 Å². The molecular formula is C15H18BN3O3. The van der Waals surface area contributed by atoms with Gasteiger partial charge in [0.1, 0.15) is 23.9 Å². The molecule has 2 heterocycles. The minimum absolute atomic E-state index is 0.146. The highest BCUT2D eigenvalue weighted by atomic mass is 16.5. The van der Waals surface area contributed by atoms with Gasteiger partial charge in [0.15, 0.2) is 0 Å². The second-order valence-corrected chi connectivity index (χ2v) is 4.86. The number of rotatable bonds is 6. The maximum atomic E-state index is 12.2. The summed E-state index contributed by atoms with van der Waals surface area (Å²) in [5, 5.41) is 0. The number of imidazole rings is 1. The molecule has 2 aromatic rings. The minimum Gasteiger partial charge on any atom is -0.462 e. The number of hydrogen-bond acceptors (Lipinski definition) is 4. The van der Waals surface area contributed by atoms with Crippen molar-refractivity contribution in [2.75, 3.05) is 6.61 Å². The summed E-state index contributed by atoms with van der Waals surface area (Å²) in [5.74, 6) is -0.593. The Kier molecular flexibility index (Phi) is 5.09. The zero-order chi connectivity index (χ0) is 16.1. The van der Waals surface area contributed by atoms with Crippen LogP contribution in [0.3, 0.4) is 0 Å². The van der Waals surface area contributed by atoms with E-state index in [4.69, 9.17) is 4.74 Å². The fourth-order valence-corrected chi connectivity index (χ4v) is 2.10. The van der Waals surface area contributed by atoms with Crippen LogP contribution in [-0.4, -0.2) is 35.2 Å². The Bertz CT molecular complexity index is 678. The lowest BCUT2D eigenvalue weighted by Crippen LogP contribution is -2.49. The number of ether oxygens (including phenoxy) is 1. The van der Waals surface area contributed by atoms with Crippen molar-refractivity contribution in [3.8, 4) is 0 Å². The first kappa shape index (κ1) is 15.9. The van der Waals surface area contributed by atoms with Gasteiger partial charge >= 0.3 is 5.97 Å². The van der Waals surface area contributed by atoms with E-state index in [1.54, 1.807) is 6.92 Å². The van der Waals surface area contributed by atoms with Crippen LogP contribution in [0.1, 0.15) is 27.8 Å². The molecule has 0 atom stereocenters. The van der Waals surface area contributed by atoms with E-state index in [0.717, 1.165) is 5.72 Å². The monoisotopic (exact) mass is 299 g/mol. The van der Waals surface area contributed by atoms with Crippen molar-refractivity contribution in [1.82, 2.24) is 9.55 Å². The van der Waals surface area contributed by atoms with Crippen molar-refractivity contribution in [3.63, 3.8) is 0 Å². The number of aromatic nitrogens is 3. The average molecular weight is 299 g/mol. The van der Waals surface area contributed by atoms with Crippen molar-refractivity contribution >= 4 is 24.8 Å². The lowest BCUT2D eigenvalue weighted by molar-refractivity contribution is -0.653. The summed E-state index contributed by atoms with van der Waals surface area (Å²) < 4.78 is 8.77. The number of aryl methyl sites for hydroxylation is 2. The lowest BCUT2D eigenvalue weighted by atomic mass is 9.71. The first-order valence-corrected chi connectivity index (χ1v) is 7.03. The van der Waals surface area contributed by atoms with Crippen LogP contribution in [0.5, 0.6) is 0 Å². The SMILES string of the molecule is CCOC(=O)c1ccnc(C(=O)C[B-]c2n(C)cc[n+]2C)c1. The molecule has 2 rings (SSSR count). The van der Waals surface area contributed by atoms with Gasteiger partial charge in [0.2, 0.25) is 0 Å². The summed E-state index contributed by atoms with van der Waals surface area (Å²) in [6.07, 6.45) is 5.48. The van der Waals surface area contributed by atoms with Crippen molar-refractivity contribution in [2.45, 2.75) is 13.2 Å². The van der Waals surface area contributed by atoms with Crippen LogP contribution < -0.4 is 10.3 Å². The molecule has 0 unspecified atom stereocenters. The predicted molar refractivity (Wildman–Crippen MR) is 81.3 cm³/mol. The molecule has 7 heteroatoms. The molecule has 114 valence electrons. The summed E-state index contributed by atoms with van der Waals surface area (Å²) in [5.41, 5.74) is 1.53. The third-order valence-electron chi connectivity index (χ3n) is 3.26. The standard InChI is InChI=1S/C15H18BN3O3/c1-4-22-14(21)11-5-6-17-12(9-11)13(20)10-16-15-18(2)7-8-19(15)3/h5-9H,4,10H2,1-3H3. The summed E-state index contributed by atoms with van der Waals surface area (Å²) >= 11 is 0. The fraction of sp³-hybridized carbons (Fsp3) is 0.333. The molecule has 0 aliphatic carbocycles. The molecule has 0 bridgehead atoms. The molecule has 2 radical (unpaired) electrons. The fourth-order valence-electron chi connectivity index (χ4n) is 2.10. The van der Waals surface area contributed by atoms with Crippen LogP contribution >= 0.6 is 0 Å². The molecule has 0 aromatic carbocycles. The van der Waals surface area contributed by atoms with Crippen LogP contribution in [0.2, 0.25) is 6.32 Å². The predicted octanol–water partition coefficient (Wildman–Crippen LogP) is 0.0520. The van der Waals surface area contributed by atoms with Crippen LogP contribution in [0.25, 0.3) is 0 Å². The van der Waals surface area contributed by atoms with Gasteiger partial charge in [-0.2, -0.15) is 13.6 Å². The highest BCUT2D eigenvalue weighted by Crippen LogP contribution is 2.06. The maximum absolute atomic E-state index is 12.2. The molecule has 0 N–H and O–H groups in total. The summed E-state index contributed by atoms with van der Waals surface area (Å²) in [6.45, 7) is 2.03. The highest BCUT2D eigenvalue weighted by Gasteiger charge is 2.11. The van der Waals surface area contributed by atoms with Gasteiger partial charge in [0, 0.05) is 11.9 Å². The first-order valence-electron chi connectivity index (χ1n) is 7.03. The number of carbonyl (C=O) groups is 2. The molecule has 2 aromatic heterocycles. The zero-order valence-corrected chi connectivity index (χ0v) is 12.9. The number of nitrogens with zero attached hydrogens (tertiary/aromatic N) is 3. The number of hydrogen-bond donors (Lipinski definition) is 0. The van der Waals surface area contributed by atoms with E-state index in [9.17, 15) is 9.59 Å². The van der Waals surface area contributed by atoms with Crippen molar-refractivity contribution in [2.24, 2.45) is 14.1 Å². The number of Topliss-reactive ketones (excluding diaryl/α,β-unsaturated/α-hetero) is 1. The Labute approximate surface area is 130 Å². The Morgan fingerprint density at radius 1 is 1.45 bits per heavy atom. The molecular weight excluding hydrogens is 281 g/mol. The van der Waals surface area contributed by atoms with Gasteiger partial charge in [-0.1, -0.05) is 0 Å². The van der Waals surface area contributed by atoms with Gasteiger partial charge in [-0.3, -0.25) is 18.9 Å². The van der Waals surface area contributed by atoms with Crippen molar-refractivity contribution in [1.29, 1.82) is 0 Å². The van der Waals surface area contributed by atoms with Crippen LogP contribution in [0.4, 0.5) is 0 Å². The van der Waals surface area contributed by atoms with Crippen LogP contribution in [-0.2, 0) is 18.8 Å². The molecule has 0 aliphatic rings. The second-order valence-electron chi connectivity index (χ2n) is 4.86. The molecule has 6 nitrogen and oxygen atoms in total. The molecule has 0 saturated carbocycles. The third-order valence-corrected chi connectivity index (χ3v) is 3.26. The van der Waals surface area contributed by atoms with Gasteiger partial charge in [0.25, 0.3) is 0 Å². The smallest absolute Gasteiger partial charge is 0.338 e. The Hall–Kier alpha value is -2.44. The van der Waals surface area contributed by atoms with E-state index in [2.05, 4.69) is 4.98 Å². The van der Waals surface area contributed by atoms with Gasteiger partial charge < -0.3 is 4.74 Å². The summed E-state index contributed by atoms with van der Waals surface area (Å²) in [4.78, 5) is 27.9. The van der Waals surface area contributed by atoms with E-state index >= 15 is 0 Å². The zero-order valence-electron chi connectivity index (χ0n) is 12.9. The average Bonchev–Trinajstić information content (AvgIpc) is 2.84. The minimum atomic E-state index is -0.447. The number of ketones is 1. The normalized spacial score (nSPS) is 10.5. The third kappa shape index (κ3) is 3.60. The molecule has 22 heavy (non-hydrogen) atoms. The molecule has 0 saturated heterocycles. The topological polar surface area (TPSA) is 65.1 Å². The van der Waals surface area contributed by atoms with E-state index in [1.165, 1.54) is 18.3 Å². The highest BCUT2D eigenvalue weighted by molar-refractivity contribution is 6.55. The largest absolute Gasteiger partial charge is 0.462 e. The Morgan fingerprint density at radius 3 is 2.86 bits per heavy atom. The maximum Gasteiger partial charge on any atom is 0.338 e. The van der Waals surface area contributed by atoms with Crippen LogP contribution in [0.15, 0.2) is 30.7 Å². The van der Waals surface area contributed by atoms with Gasteiger partial charge in [-0.05, 0) is 19.1 Å². The van der Waals surface area contributed by atoms with Crippen molar-refractivity contribution < 1.29 is 18.9 Å². The van der Waals surface area contributed by atoms with Crippen LogP contribution in [0, 0.1) is 0 Å². The van der Waals surface area contributed by atoms with E-state index in [1.807, 2.05) is 42.9 Å². The van der Waals surface area contributed by atoms with Gasteiger partial charge in [0.05, 0.1) is 26.3 Å². The number of carbonyl (C=O) groups excluding carboxylic acids is 2. The molecule has 0 fully saturated rings. The molecule has 0 amide bonds. The van der Waals surface area contributed by atoms with E-state index in [-0.39, 0.29) is 17.8 Å². The quantitative estimate of drug-likeness (QED) is 0.327. The van der Waals surface area contributed by atoms with Gasteiger partial charge in [-0.25, -0.2) is 4.79 Å². The lowest BCUT2D eigenvalue weighted by Gasteiger charge is -2.12. The van der Waals surface area contributed by atoms with Crippen molar-refractivity contribution in [3.05, 3.63) is 42.0 Å². The number of pyridine rings is 1. The Morgan fingerprint density at radius 2 is 2.23 bits per heavy atom. The van der Waals surface area contributed by atoms with Gasteiger partial charge in [-0.15, -0.1) is 0 Å². The molecule has 0 aliphatic heterocycles. The Balaban J connectivity index is 2.07. The summed E-state index contributed by atoms with van der Waals surface area (Å²) in [7, 11) is 5.66. The first-order chi connectivity index (χ1) is 10.5. The summed E-state index contributed by atoms with van der Waals surface area (Å²) in [6, 6.07) is 3.01. The van der Waals surface area contributed by atoms with E-state index in [0.29, 0.717) is 12.2 Å².